The van der Waals surface area contributed by atoms with E-state index in [1.54, 1.807) is 6.20 Å². The van der Waals surface area contributed by atoms with E-state index >= 15 is 0 Å². The van der Waals surface area contributed by atoms with Gasteiger partial charge in [-0.05, 0) is 44.2 Å². The molecule has 1 unspecified atom stereocenters. The van der Waals surface area contributed by atoms with E-state index in [0.29, 0.717) is 30.0 Å². The summed E-state index contributed by atoms with van der Waals surface area (Å²) in [5, 5.41) is 7.24. The lowest BCUT2D eigenvalue weighted by molar-refractivity contribution is 0.316. The van der Waals surface area contributed by atoms with Gasteiger partial charge in [0.05, 0.1) is 17.3 Å². The van der Waals surface area contributed by atoms with Gasteiger partial charge >= 0.3 is 0 Å². The van der Waals surface area contributed by atoms with Crippen molar-refractivity contribution >= 4 is 33.4 Å². The van der Waals surface area contributed by atoms with Gasteiger partial charge in [0.25, 0.3) is 0 Å². The number of pyridine rings is 1. The van der Waals surface area contributed by atoms with Crippen molar-refractivity contribution in [2.45, 2.75) is 38.6 Å². The first-order valence-corrected chi connectivity index (χ1v) is 12.4. The minimum atomic E-state index is -3.28. The molecule has 0 amide bonds. The summed E-state index contributed by atoms with van der Waals surface area (Å²) in [6.07, 6.45) is 6.12. The lowest BCUT2D eigenvalue weighted by Crippen LogP contribution is -2.45. The summed E-state index contributed by atoms with van der Waals surface area (Å²) in [5.41, 5.74) is 0. The zero-order valence-electron chi connectivity index (χ0n) is 16.9. The van der Waals surface area contributed by atoms with E-state index in [9.17, 15) is 8.42 Å². The molecule has 1 saturated carbocycles. The van der Waals surface area contributed by atoms with Crippen molar-refractivity contribution in [1.29, 1.82) is 0 Å². The summed E-state index contributed by atoms with van der Waals surface area (Å²) in [5.74, 6) is 1.94. The summed E-state index contributed by atoms with van der Waals surface area (Å²) in [6, 6.07) is 3.86. The Bertz CT molecular complexity index is 800. The van der Waals surface area contributed by atoms with Crippen LogP contribution in [-0.2, 0) is 10.0 Å². The average Bonchev–Trinajstić information content (AvgIpc) is 3.09. The maximum Gasteiger partial charge on any atom is 0.213 e. The quantitative estimate of drug-likeness (QED) is 0.397. The van der Waals surface area contributed by atoms with E-state index in [4.69, 9.17) is 11.6 Å². The van der Waals surface area contributed by atoms with Crippen molar-refractivity contribution < 1.29 is 8.42 Å². The topological polar surface area (TPSA) is 98.7 Å². The fourth-order valence-electron chi connectivity index (χ4n) is 3.49. The van der Waals surface area contributed by atoms with Gasteiger partial charge in [0, 0.05) is 38.4 Å². The molecule has 1 saturated heterocycles. The van der Waals surface area contributed by atoms with Crippen LogP contribution in [0.3, 0.4) is 0 Å². The second-order valence-electron chi connectivity index (χ2n) is 7.61. The van der Waals surface area contributed by atoms with Crippen LogP contribution in [-0.4, -0.2) is 63.9 Å². The third-order valence-corrected chi connectivity index (χ3v) is 6.98. The zero-order valence-corrected chi connectivity index (χ0v) is 18.5. The van der Waals surface area contributed by atoms with Gasteiger partial charge < -0.3 is 15.5 Å². The van der Waals surface area contributed by atoms with Gasteiger partial charge in [-0.3, -0.25) is 4.99 Å². The fourth-order valence-corrected chi connectivity index (χ4v) is 4.69. The molecule has 1 aromatic heterocycles. The number of nitrogens with one attached hydrogen (secondary N) is 3. The molecule has 1 aliphatic carbocycles. The summed E-state index contributed by atoms with van der Waals surface area (Å²) >= 11 is 6.25. The Morgan fingerprint density at radius 3 is 2.90 bits per heavy atom. The molecule has 29 heavy (non-hydrogen) atoms. The van der Waals surface area contributed by atoms with Gasteiger partial charge in [0.15, 0.2) is 5.96 Å². The first-order valence-electron chi connectivity index (χ1n) is 10.3. The Hall–Kier alpha value is -1.58. The van der Waals surface area contributed by atoms with Gasteiger partial charge in [-0.2, -0.15) is 0 Å². The highest BCUT2D eigenvalue weighted by molar-refractivity contribution is 7.89. The van der Waals surface area contributed by atoms with E-state index < -0.39 is 10.0 Å². The van der Waals surface area contributed by atoms with Crippen molar-refractivity contribution in [1.82, 2.24) is 20.3 Å². The number of guanidine groups is 1. The van der Waals surface area contributed by atoms with Crippen molar-refractivity contribution in [2.75, 3.05) is 43.4 Å². The van der Waals surface area contributed by atoms with E-state index in [1.807, 2.05) is 19.1 Å². The van der Waals surface area contributed by atoms with E-state index in [-0.39, 0.29) is 18.3 Å². The van der Waals surface area contributed by atoms with Gasteiger partial charge in [-0.15, -0.1) is 0 Å². The Kier molecular flexibility index (Phi) is 7.97. The van der Waals surface area contributed by atoms with Gasteiger partial charge in [-0.25, -0.2) is 18.1 Å². The molecule has 8 nitrogen and oxygen atoms in total. The monoisotopic (exact) mass is 442 g/mol. The number of hydrogen-bond donors (Lipinski definition) is 3. The van der Waals surface area contributed by atoms with E-state index in [0.717, 1.165) is 38.2 Å². The summed E-state index contributed by atoms with van der Waals surface area (Å²) in [7, 11) is -3.28. The number of anilines is 1. The highest BCUT2D eigenvalue weighted by Gasteiger charge is 2.25. The maximum absolute atomic E-state index is 12.1. The van der Waals surface area contributed by atoms with Crippen molar-refractivity contribution in [3.63, 3.8) is 0 Å². The van der Waals surface area contributed by atoms with Crippen LogP contribution in [0.15, 0.2) is 23.3 Å². The standard InChI is InChI=1S/C19H31ClN6O2S/c1-2-21-19(23-10-12-29(27,28)24-13-15-5-3-6-15)25-16-8-11-26(14-16)18-17(20)7-4-9-22-18/h4,7,9,15-16,24H,2-3,5-6,8,10-14H2,1H3,(H2,21,23,25). The molecule has 0 spiro atoms. The minimum absolute atomic E-state index is 0.00334. The molecule has 3 rings (SSSR count). The molecule has 2 aliphatic rings. The summed E-state index contributed by atoms with van der Waals surface area (Å²) in [6.45, 7) is 5.09. The zero-order chi connectivity index (χ0) is 20.7. The van der Waals surface area contributed by atoms with Crippen LogP contribution in [0.5, 0.6) is 0 Å². The van der Waals surface area contributed by atoms with Crippen molar-refractivity contribution in [2.24, 2.45) is 10.9 Å². The van der Waals surface area contributed by atoms with E-state index in [1.165, 1.54) is 6.42 Å². The number of sulfonamides is 1. The molecule has 1 atom stereocenters. The number of halogens is 1. The predicted octanol–water partition coefficient (Wildman–Crippen LogP) is 1.59. The lowest BCUT2D eigenvalue weighted by Gasteiger charge is -2.25. The molecule has 3 N–H and O–H groups in total. The second kappa shape index (κ2) is 10.4. The third-order valence-electron chi connectivity index (χ3n) is 5.36. The molecule has 1 aliphatic heterocycles. The smallest absolute Gasteiger partial charge is 0.213 e. The van der Waals surface area contributed by atoms with Gasteiger partial charge in [-0.1, -0.05) is 18.0 Å². The van der Waals surface area contributed by atoms with Gasteiger partial charge in [0.1, 0.15) is 5.82 Å². The Morgan fingerprint density at radius 2 is 2.21 bits per heavy atom. The molecule has 2 fully saturated rings. The largest absolute Gasteiger partial charge is 0.357 e. The van der Waals surface area contributed by atoms with Crippen molar-refractivity contribution in [3.8, 4) is 0 Å². The third kappa shape index (κ3) is 6.72. The highest BCUT2D eigenvalue weighted by atomic mass is 35.5. The molecule has 0 radical (unpaired) electrons. The number of aromatic nitrogens is 1. The van der Waals surface area contributed by atoms with Gasteiger partial charge in [0.2, 0.25) is 10.0 Å². The SMILES string of the molecule is CCNC(=NCCS(=O)(=O)NCC1CCC1)NC1CCN(c2ncccc2Cl)C1. The lowest BCUT2D eigenvalue weighted by atomic mass is 9.86. The first kappa shape index (κ1) is 22.1. The van der Waals surface area contributed by atoms with Crippen LogP contribution in [0.2, 0.25) is 5.02 Å². The molecule has 0 bridgehead atoms. The minimum Gasteiger partial charge on any atom is -0.357 e. The summed E-state index contributed by atoms with van der Waals surface area (Å²) < 4.78 is 27.0. The normalized spacial score (nSPS) is 20.6. The Labute approximate surface area is 178 Å². The Balaban J connectivity index is 1.48. The molecule has 0 aromatic carbocycles. The fraction of sp³-hybridized carbons (Fsp3) is 0.684. The number of hydrogen-bond acceptors (Lipinski definition) is 5. The molecule has 162 valence electrons. The summed E-state index contributed by atoms with van der Waals surface area (Å²) in [4.78, 5) is 11.0. The van der Waals surface area contributed by atoms with Crippen LogP contribution in [0.25, 0.3) is 0 Å². The first-order chi connectivity index (χ1) is 14.0. The van der Waals surface area contributed by atoms with Crippen LogP contribution in [0.1, 0.15) is 32.6 Å². The number of rotatable bonds is 9. The highest BCUT2D eigenvalue weighted by Crippen LogP contribution is 2.26. The number of aliphatic imine (C=N–C) groups is 1. The van der Waals surface area contributed by atoms with E-state index in [2.05, 4.69) is 30.2 Å². The van der Waals surface area contributed by atoms with Crippen LogP contribution >= 0.6 is 11.6 Å². The molecular formula is C19H31ClN6O2S. The van der Waals surface area contributed by atoms with Crippen LogP contribution in [0.4, 0.5) is 5.82 Å². The predicted molar refractivity (Wildman–Crippen MR) is 118 cm³/mol. The van der Waals surface area contributed by atoms with Crippen molar-refractivity contribution in [3.05, 3.63) is 23.4 Å². The number of nitrogens with zero attached hydrogens (tertiary/aromatic N) is 3. The average molecular weight is 443 g/mol. The Morgan fingerprint density at radius 1 is 1.38 bits per heavy atom. The second-order valence-corrected chi connectivity index (χ2v) is 9.94. The maximum atomic E-state index is 12.1. The van der Waals surface area contributed by atoms with Crippen LogP contribution < -0.4 is 20.3 Å². The molecule has 1 aromatic rings. The molecule has 2 heterocycles. The molecular weight excluding hydrogens is 412 g/mol. The molecule has 10 heteroatoms. The van der Waals surface area contributed by atoms with Crippen LogP contribution in [0, 0.1) is 5.92 Å².